The number of hydrogen-bond acceptors (Lipinski definition) is 0. The molecule has 2 rings (SSSR count). The molecule has 2 fully saturated rings. The van der Waals surface area contributed by atoms with E-state index in [1.54, 1.807) is 5.57 Å². The van der Waals surface area contributed by atoms with Crippen LogP contribution in [-0.2, 0) is 0 Å². The van der Waals surface area contributed by atoms with E-state index in [4.69, 9.17) is 0 Å². The number of rotatable bonds is 6. The molecule has 0 aliphatic heterocycles. The SMILES string of the molecule is CC(=CC(C)C)CC(C)(C)CC=CC1C2CC12. The molecule has 0 aromatic carbocycles. The lowest BCUT2D eigenvalue weighted by Gasteiger charge is -2.23. The topological polar surface area (TPSA) is 0 Å². The Morgan fingerprint density at radius 3 is 2.41 bits per heavy atom. The Labute approximate surface area is 107 Å². The largest absolute Gasteiger partial charge is 0.0877 e. The minimum Gasteiger partial charge on any atom is -0.0877 e. The summed E-state index contributed by atoms with van der Waals surface area (Å²) in [5, 5.41) is 0. The summed E-state index contributed by atoms with van der Waals surface area (Å²) in [6, 6.07) is 0. The molecular weight excluding hydrogens is 204 g/mol. The lowest BCUT2D eigenvalue weighted by molar-refractivity contribution is 0.366. The number of fused-ring (bicyclic) bond motifs is 1. The third-order valence-corrected chi connectivity index (χ3v) is 4.14. The molecule has 2 saturated carbocycles. The third-order valence-electron chi connectivity index (χ3n) is 4.14. The van der Waals surface area contributed by atoms with Crippen molar-refractivity contribution in [2.24, 2.45) is 29.1 Å². The van der Waals surface area contributed by atoms with E-state index in [-0.39, 0.29) is 0 Å². The maximum atomic E-state index is 2.49. The standard InChI is InChI=1S/C17H28/c1-12(2)9-13(3)11-17(4,5)8-6-7-14-15-10-16(14)15/h6-7,9,12,14-16H,8,10-11H2,1-5H3. The second-order valence-corrected chi connectivity index (χ2v) is 7.37. The molecule has 0 saturated heterocycles. The van der Waals surface area contributed by atoms with Crippen LogP contribution in [0.4, 0.5) is 0 Å². The minimum atomic E-state index is 0.422. The highest BCUT2D eigenvalue weighted by Gasteiger charge is 2.62. The van der Waals surface area contributed by atoms with Gasteiger partial charge in [-0.1, -0.05) is 51.5 Å². The van der Waals surface area contributed by atoms with Crippen molar-refractivity contribution in [1.29, 1.82) is 0 Å². The van der Waals surface area contributed by atoms with E-state index in [0.29, 0.717) is 11.3 Å². The average Bonchev–Trinajstić information content (AvgIpc) is 2.97. The van der Waals surface area contributed by atoms with Gasteiger partial charge in [-0.3, -0.25) is 0 Å². The van der Waals surface area contributed by atoms with Crippen LogP contribution in [0.1, 0.15) is 53.9 Å². The second kappa shape index (κ2) is 4.63. The maximum Gasteiger partial charge on any atom is -0.0171 e. The molecule has 0 nitrogen and oxygen atoms in total. The molecule has 0 amide bonds. The molecule has 17 heavy (non-hydrogen) atoms. The van der Waals surface area contributed by atoms with Crippen LogP contribution in [0, 0.1) is 29.1 Å². The van der Waals surface area contributed by atoms with Gasteiger partial charge in [0.15, 0.2) is 0 Å². The van der Waals surface area contributed by atoms with Gasteiger partial charge in [-0.05, 0) is 55.3 Å². The fraction of sp³-hybridized carbons (Fsp3) is 0.765. The van der Waals surface area contributed by atoms with Gasteiger partial charge in [-0.25, -0.2) is 0 Å². The first kappa shape index (κ1) is 12.9. The van der Waals surface area contributed by atoms with E-state index in [2.05, 4.69) is 52.8 Å². The highest BCUT2D eigenvalue weighted by atomic mass is 14.7. The van der Waals surface area contributed by atoms with Crippen molar-refractivity contribution in [3.8, 4) is 0 Å². The predicted octanol–water partition coefficient (Wildman–Crippen LogP) is 5.22. The molecule has 2 aliphatic carbocycles. The molecule has 0 bridgehead atoms. The number of hydrogen-bond donors (Lipinski definition) is 0. The zero-order chi connectivity index (χ0) is 12.6. The molecule has 0 heteroatoms. The zero-order valence-corrected chi connectivity index (χ0v) is 12.2. The van der Waals surface area contributed by atoms with E-state index >= 15 is 0 Å². The van der Waals surface area contributed by atoms with Gasteiger partial charge in [0.2, 0.25) is 0 Å². The van der Waals surface area contributed by atoms with Crippen molar-refractivity contribution in [2.75, 3.05) is 0 Å². The molecule has 2 unspecified atom stereocenters. The van der Waals surface area contributed by atoms with Crippen molar-refractivity contribution in [3.63, 3.8) is 0 Å². The summed E-state index contributed by atoms with van der Waals surface area (Å²) in [5.41, 5.74) is 1.97. The van der Waals surface area contributed by atoms with Crippen LogP contribution in [0.5, 0.6) is 0 Å². The highest BCUT2D eigenvalue weighted by Crippen LogP contribution is 2.68. The lowest BCUT2D eigenvalue weighted by atomic mass is 9.82. The fourth-order valence-corrected chi connectivity index (χ4v) is 3.11. The summed E-state index contributed by atoms with van der Waals surface area (Å²) in [7, 11) is 0. The Morgan fingerprint density at radius 2 is 1.94 bits per heavy atom. The molecule has 2 atom stereocenters. The summed E-state index contributed by atoms with van der Waals surface area (Å²) in [4.78, 5) is 0. The van der Waals surface area contributed by atoms with Gasteiger partial charge in [0.25, 0.3) is 0 Å². The van der Waals surface area contributed by atoms with Crippen LogP contribution in [0.15, 0.2) is 23.8 Å². The van der Waals surface area contributed by atoms with Gasteiger partial charge in [0.1, 0.15) is 0 Å². The van der Waals surface area contributed by atoms with Crippen LogP contribution < -0.4 is 0 Å². The third kappa shape index (κ3) is 3.72. The van der Waals surface area contributed by atoms with Crippen molar-refractivity contribution >= 4 is 0 Å². The molecule has 0 radical (unpaired) electrons. The van der Waals surface area contributed by atoms with Crippen molar-refractivity contribution in [3.05, 3.63) is 23.8 Å². The van der Waals surface area contributed by atoms with Crippen LogP contribution in [-0.4, -0.2) is 0 Å². The first-order valence-electron chi connectivity index (χ1n) is 7.23. The Balaban J connectivity index is 1.74. The van der Waals surface area contributed by atoms with Gasteiger partial charge in [-0.15, -0.1) is 0 Å². The van der Waals surface area contributed by atoms with E-state index in [9.17, 15) is 0 Å². The normalized spacial score (nSPS) is 32.1. The van der Waals surface area contributed by atoms with Crippen molar-refractivity contribution < 1.29 is 0 Å². The molecule has 2 aliphatic rings. The Bertz CT molecular complexity index is 322. The van der Waals surface area contributed by atoms with Gasteiger partial charge in [-0.2, -0.15) is 0 Å². The van der Waals surface area contributed by atoms with Crippen molar-refractivity contribution in [1.82, 2.24) is 0 Å². The molecule has 0 aromatic rings. The highest BCUT2D eigenvalue weighted by molar-refractivity contribution is 5.20. The maximum absolute atomic E-state index is 2.49. The van der Waals surface area contributed by atoms with E-state index < -0.39 is 0 Å². The lowest BCUT2D eigenvalue weighted by Crippen LogP contribution is -2.10. The van der Waals surface area contributed by atoms with Crippen molar-refractivity contribution in [2.45, 2.75) is 53.9 Å². The quantitative estimate of drug-likeness (QED) is 0.551. The van der Waals surface area contributed by atoms with E-state index in [0.717, 1.165) is 17.8 Å². The summed E-state index contributed by atoms with van der Waals surface area (Å²) < 4.78 is 0. The number of allylic oxidation sites excluding steroid dienone is 4. The smallest absolute Gasteiger partial charge is 0.0171 e. The molecule has 0 aromatic heterocycles. The molecule has 0 heterocycles. The van der Waals surface area contributed by atoms with E-state index in [1.165, 1.54) is 19.3 Å². The Hall–Kier alpha value is -0.520. The summed E-state index contributed by atoms with van der Waals surface area (Å²) >= 11 is 0. The van der Waals surface area contributed by atoms with Crippen LogP contribution >= 0.6 is 0 Å². The predicted molar refractivity (Wildman–Crippen MR) is 75.8 cm³/mol. The molecule has 96 valence electrons. The van der Waals surface area contributed by atoms with Crippen LogP contribution in [0.3, 0.4) is 0 Å². The first-order valence-corrected chi connectivity index (χ1v) is 7.23. The monoisotopic (exact) mass is 232 g/mol. The first-order chi connectivity index (χ1) is 7.89. The minimum absolute atomic E-state index is 0.422. The summed E-state index contributed by atoms with van der Waals surface area (Å²) in [6.07, 6.45) is 11.3. The van der Waals surface area contributed by atoms with Gasteiger partial charge in [0, 0.05) is 0 Å². The molecular formula is C17H28. The van der Waals surface area contributed by atoms with Gasteiger partial charge in [0.05, 0.1) is 0 Å². The average molecular weight is 232 g/mol. The molecule has 0 spiro atoms. The van der Waals surface area contributed by atoms with E-state index in [1.807, 2.05) is 0 Å². The van der Waals surface area contributed by atoms with Gasteiger partial charge < -0.3 is 0 Å². The Morgan fingerprint density at radius 1 is 1.29 bits per heavy atom. The van der Waals surface area contributed by atoms with Crippen LogP contribution in [0.2, 0.25) is 0 Å². The molecule has 0 N–H and O–H groups in total. The van der Waals surface area contributed by atoms with Gasteiger partial charge >= 0.3 is 0 Å². The zero-order valence-electron chi connectivity index (χ0n) is 12.2. The summed E-state index contributed by atoms with van der Waals surface area (Å²) in [6.45, 7) is 11.6. The van der Waals surface area contributed by atoms with Crippen LogP contribution in [0.25, 0.3) is 0 Å². The fourth-order valence-electron chi connectivity index (χ4n) is 3.11. The Kier molecular flexibility index (Phi) is 3.52. The second-order valence-electron chi connectivity index (χ2n) is 7.37. The summed E-state index contributed by atoms with van der Waals surface area (Å²) in [5.74, 6) is 3.88.